The SMILES string of the molecule is O=C(Nc1ccc(Br)cc1[N+](=O)[O-])c1cnc(Cl)c(Cl)c1. The molecule has 1 amide bonds. The van der Waals surface area contributed by atoms with Crippen molar-refractivity contribution in [3.8, 4) is 0 Å². The van der Waals surface area contributed by atoms with Gasteiger partial charge in [0.1, 0.15) is 10.8 Å². The number of nitro groups is 1. The van der Waals surface area contributed by atoms with E-state index in [1.807, 2.05) is 0 Å². The second kappa shape index (κ2) is 6.38. The van der Waals surface area contributed by atoms with E-state index in [2.05, 4.69) is 26.2 Å². The summed E-state index contributed by atoms with van der Waals surface area (Å²) in [4.78, 5) is 26.2. The number of pyridine rings is 1. The van der Waals surface area contributed by atoms with Gasteiger partial charge in [-0.25, -0.2) is 4.98 Å². The number of rotatable bonds is 3. The van der Waals surface area contributed by atoms with Crippen LogP contribution in [-0.2, 0) is 0 Å². The molecule has 0 fully saturated rings. The van der Waals surface area contributed by atoms with Crippen LogP contribution in [0.4, 0.5) is 11.4 Å². The molecular weight excluding hydrogens is 385 g/mol. The Balaban J connectivity index is 2.31. The van der Waals surface area contributed by atoms with Crippen molar-refractivity contribution in [3.05, 3.63) is 60.8 Å². The molecular formula is C12H6BrCl2N3O3. The number of aromatic nitrogens is 1. The Morgan fingerprint density at radius 2 is 2.05 bits per heavy atom. The molecule has 9 heteroatoms. The van der Waals surface area contributed by atoms with Gasteiger partial charge in [0, 0.05) is 16.7 Å². The van der Waals surface area contributed by atoms with Gasteiger partial charge in [0.05, 0.1) is 15.5 Å². The third-order valence-corrected chi connectivity index (χ3v) is 3.64. The Kier molecular flexibility index (Phi) is 4.76. The zero-order valence-corrected chi connectivity index (χ0v) is 13.2. The van der Waals surface area contributed by atoms with Crippen LogP contribution in [0.15, 0.2) is 34.9 Å². The van der Waals surface area contributed by atoms with Crippen molar-refractivity contribution in [2.45, 2.75) is 0 Å². The first-order valence-electron chi connectivity index (χ1n) is 5.45. The Morgan fingerprint density at radius 1 is 1.33 bits per heavy atom. The van der Waals surface area contributed by atoms with Gasteiger partial charge in [-0.3, -0.25) is 14.9 Å². The van der Waals surface area contributed by atoms with Crippen LogP contribution in [0.3, 0.4) is 0 Å². The highest BCUT2D eigenvalue weighted by molar-refractivity contribution is 9.10. The van der Waals surface area contributed by atoms with E-state index in [-0.39, 0.29) is 27.1 Å². The van der Waals surface area contributed by atoms with E-state index in [4.69, 9.17) is 23.2 Å². The van der Waals surface area contributed by atoms with Gasteiger partial charge in [-0.2, -0.15) is 0 Å². The average molecular weight is 391 g/mol. The van der Waals surface area contributed by atoms with Gasteiger partial charge >= 0.3 is 0 Å². The third kappa shape index (κ3) is 3.69. The quantitative estimate of drug-likeness (QED) is 0.480. The third-order valence-electron chi connectivity index (χ3n) is 2.46. The Hall–Kier alpha value is -1.70. The predicted octanol–water partition coefficient (Wildman–Crippen LogP) is 4.31. The molecule has 0 saturated heterocycles. The van der Waals surface area contributed by atoms with Crippen LogP contribution in [0.25, 0.3) is 0 Å². The molecule has 1 aromatic heterocycles. The zero-order chi connectivity index (χ0) is 15.6. The number of amides is 1. The summed E-state index contributed by atoms with van der Waals surface area (Å²) in [6.07, 6.45) is 1.23. The molecule has 0 radical (unpaired) electrons. The lowest BCUT2D eigenvalue weighted by Gasteiger charge is -2.07. The van der Waals surface area contributed by atoms with Gasteiger partial charge in [-0.1, -0.05) is 39.1 Å². The molecule has 0 aliphatic carbocycles. The molecule has 108 valence electrons. The van der Waals surface area contributed by atoms with E-state index in [1.54, 1.807) is 6.07 Å². The number of nitrogens with zero attached hydrogens (tertiary/aromatic N) is 2. The van der Waals surface area contributed by atoms with Gasteiger partial charge in [-0.05, 0) is 18.2 Å². The van der Waals surface area contributed by atoms with Crippen molar-refractivity contribution in [2.24, 2.45) is 0 Å². The molecule has 6 nitrogen and oxygen atoms in total. The maximum absolute atomic E-state index is 12.1. The largest absolute Gasteiger partial charge is 0.316 e. The minimum absolute atomic E-state index is 0.0688. The standard InChI is InChI=1S/C12H6BrCl2N3O3/c13-7-1-2-9(10(4-7)18(20)21)17-12(19)6-3-8(14)11(15)16-5-6/h1-5H,(H,17,19). The minimum Gasteiger partial charge on any atom is -0.316 e. The lowest BCUT2D eigenvalue weighted by atomic mass is 10.2. The number of benzene rings is 1. The fourth-order valence-electron chi connectivity index (χ4n) is 1.50. The minimum atomic E-state index is -0.590. The van der Waals surface area contributed by atoms with Crippen molar-refractivity contribution in [1.82, 2.24) is 4.98 Å². The van der Waals surface area contributed by atoms with Gasteiger partial charge in [-0.15, -0.1) is 0 Å². The number of halogens is 3. The highest BCUT2D eigenvalue weighted by Gasteiger charge is 2.17. The summed E-state index contributed by atoms with van der Waals surface area (Å²) in [5.41, 5.74) is -0.0216. The van der Waals surface area contributed by atoms with Crippen LogP contribution in [0.1, 0.15) is 10.4 Å². The van der Waals surface area contributed by atoms with Crippen LogP contribution in [0.2, 0.25) is 10.2 Å². The lowest BCUT2D eigenvalue weighted by Crippen LogP contribution is -2.13. The van der Waals surface area contributed by atoms with Crippen LogP contribution in [0, 0.1) is 10.1 Å². The number of anilines is 1. The maximum atomic E-state index is 12.1. The summed E-state index contributed by atoms with van der Waals surface area (Å²) in [7, 11) is 0. The van der Waals surface area contributed by atoms with Crippen molar-refractivity contribution >= 4 is 56.4 Å². The van der Waals surface area contributed by atoms with E-state index < -0.39 is 10.8 Å². The summed E-state index contributed by atoms with van der Waals surface area (Å²) in [5.74, 6) is -0.577. The molecule has 0 aliphatic rings. The molecule has 0 bridgehead atoms. The van der Waals surface area contributed by atoms with Gasteiger partial charge in [0.25, 0.3) is 11.6 Å². The van der Waals surface area contributed by atoms with Crippen LogP contribution >= 0.6 is 39.1 Å². The van der Waals surface area contributed by atoms with Gasteiger partial charge in [0.15, 0.2) is 0 Å². The van der Waals surface area contributed by atoms with Crippen molar-refractivity contribution in [2.75, 3.05) is 5.32 Å². The molecule has 0 spiro atoms. The predicted molar refractivity (Wildman–Crippen MR) is 83.0 cm³/mol. The number of carbonyl (C=O) groups is 1. The van der Waals surface area contributed by atoms with Crippen LogP contribution < -0.4 is 5.32 Å². The van der Waals surface area contributed by atoms with Crippen LogP contribution in [0.5, 0.6) is 0 Å². The second-order valence-electron chi connectivity index (χ2n) is 3.87. The molecule has 2 rings (SSSR count). The first-order valence-corrected chi connectivity index (χ1v) is 6.99. The first-order chi connectivity index (χ1) is 9.88. The molecule has 1 N–H and O–H groups in total. The van der Waals surface area contributed by atoms with Crippen molar-refractivity contribution < 1.29 is 9.72 Å². The Bertz CT molecular complexity index is 740. The molecule has 1 heterocycles. The fourth-order valence-corrected chi connectivity index (χ4v) is 2.12. The van der Waals surface area contributed by atoms with Crippen molar-refractivity contribution in [3.63, 3.8) is 0 Å². The van der Waals surface area contributed by atoms with Crippen molar-refractivity contribution in [1.29, 1.82) is 0 Å². The lowest BCUT2D eigenvalue weighted by molar-refractivity contribution is -0.384. The van der Waals surface area contributed by atoms with E-state index in [9.17, 15) is 14.9 Å². The Morgan fingerprint density at radius 3 is 2.67 bits per heavy atom. The Labute approximate surface area is 137 Å². The molecule has 1 aromatic carbocycles. The fraction of sp³-hybridized carbons (Fsp3) is 0. The van der Waals surface area contributed by atoms with E-state index >= 15 is 0 Å². The summed E-state index contributed by atoms with van der Waals surface area (Å²) in [6.45, 7) is 0. The average Bonchev–Trinajstić information content (AvgIpc) is 2.43. The number of carbonyl (C=O) groups excluding carboxylic acids is 1. The van der Waals surface area contributed by atoms with Crippen LogP contribution in [-0.4, -0.2) is 15.8 Å². The molecule has 21 heavy (non-hydrogen) atoms. The summed E-state index contributed by atoms with van der Waals surface area (Å²) < 4.78 is 0.531. The second-order valence-corrected chi connectivity index (χ2v) is 5.55. The normalized spacial score (nSPS) is 10.2. The smallest absolute Gasteiger partial charge is 0.293 e. The van der Waals surface area contributed by atoms with E-state index in [1.165, 1.54) is 24.4 Å². The summed E-state index contributed by atoms with van der Waals surface area (Å²) >= 11 is 14.6. The molecule has 2 aromatic rings. The van der Waals surface area contributed by atoms with Gasteiger partial charge in [0.2, 0.25) is 0 Å². The number of nitro benzene ring substituents is 1. The summed E-state index contributed by atoms with van der Waals surface area (Å²) in [6, 6.07) is 5.63. The number of hydrogen-bond donors (Lipinski definition) is 1. The van der Waals surface area contributed by atoms with E-state index in [0.717, 1.165) is 0 Å². The molecule has 0 aliphatic heterocycles. The number of hydrogen-bond acceptors (Lipinski definition) is 4. The van der Waals surface area contributed by atoms with E-state index in [0.29, 0.717) is 4.47 Å². The maximum Gasteiger partial charge on any atom is 0.293 e. The topological polar surface area (TPSA) is 85.1 Å². The zero-order valence-electron chi connectivity index (χ0n) is 10.1. The summed E-state index contributed by atoms with van der Waals surface area (Å²) in [5, 5.41) is 13.6. The van der Waals surface area contributed by atoms with Gasteiger partial charge < -0.3 is 5.32 Å². The highest BCUT2D eigenvalue weighted by atomic mass is 79.9. The number of nitrogens with one attached hydrogen (secondary N) is 1. The highest BCUT2D eigenvalue weighted by Crippen LogP contribution is 2.28. The monoisotopic (exact) mass is 389 g/mol. The molecule has 0 saturated carbocycles. The first kappa shape index (κ1) is 15.7. The molecule has 0 atom stereocenters. The molecule has 0 unspecified atom stereocenters.